The Labute approximate surface area is 148 Å². The molecule has 6 heteroatoms. The third kappa shape index (κ3) is 5.89. The van der Waals surface area contributed by atoms with Crippen LogP contribution in [0.25, 0.3) is 0 Å². The van der Waals surface area contributed by atoms with Gasteiger partial charge in [0.1, 0.15) is 6.04 Å². The number of nitrogens with one attached hydrogen (secondary N) is 2. The molecule has 1 saturated carbocycles. The van der Waals surface area contributed by atoms with E-state index >= 15 is 0 Å². The van der Waals surface area contributed by atoms with Crippen molar-refractivity contribution in [3.05, 3.63) is 35.9 Å². The lowest BCUT2D eigenvalue weighted by molar-refractivity contribution is -0.151. The second-order valence-electron chi connectivity index (χ2n) is 6.72. The number of rotatable bonds is 7. The molecule has 2 N–H and O–H groups in total. The summed E-state index contributed by atoms with van der Waals surface area (Å²) in [5, 5.41) is 5.55. The van der Waals surface area contributed by atoms with Crippen LogP contribution in [0.5, 0.6) is 0 Å². The molecule has 0 radical (unpaired) electrons. The van der Waals surface area contributed by atoms with Gasteiger partial charge in [0.15, 0.2) is 6.61 Å². The molecule has 25 heavy (non-hydrogen) atoms. The van der Waals surface area contributed by atoms with Crippen LogP contribution in [0.2, 0.25) is 0 Å². The van der Waals surface area contributed by atoms with Gasteiger partial charge in [0.25, 0.3) is 11.8 Å². The standard InChI is InChI=1S/C19H26N2O4/c1-13(2)17(21-18(23)14-8-4-3-5-9-14)19(24)25-12-16(22)20-15-10-6-7-11-15/h3-5,8-9,13,15,17H,6-7,10-12H2,1-2H3,(H,20,22)(H,21,23)/t17-/m0/s1. The van der Waals surface area contributed by atoms with E-state index in [-0.39, 0.29) is 30.4 Å². The third-order valence-corrected chi connectivity index (χ3v) is 4.31. The van der Waals surface area contributed by atoms with Crippen molar-refractivity contribution in [1.29, 1.82) is 0 Å². The Morgan fingerprint density at radius 1 is 1.12 bits per heavy atom. The summed E-state index contributed by atoms with van der Waals surface area (Å²) in [7, 11) is 0. The lowest BCUT2D eigenvalue weighted by Gasteiger charge is -2.21. The molecule has 2 rings (SSSR count). The van der Waals surface area contributed by atoms with E-state index in [0.29, 0.717) is 5.56 Å². The molecule has 0 aliphatic heterocycles. The van der Waals surface area contributed by atoms with Crippen molar-refractivity contribution in [1.82, 2.24) is 10.6 Å². The Kier molecular flexibility index (Phi) is 6.98. The highest BCUT2D eigenvalue weighted by Gasteiger charge is 2.27. The zero-order valence-corrected chi connectivity index (χ0v) is 14.8. The van der Waals surface area contributed by atoms with Crippen LogP contribution in [0, 0.1) is 5.92 Å². The highest BCUT2D eigenvalue weighted by molar-refractivity contribution is 5.97. The van der Waals surface area contributed by atoms with E-state index in [1.165, 1.54) is 0 Å². The summed E-state index contributed by atoms with van der Waals surface area (Å²) >= 11 is 0. The van der Waals surface area contributed by atoms with Crippen LogP contribution in [-0.2, 0) is 14.3 Å². The molecule has 1 aromatic carbocycles. The Morgan fingerprint density at radius 2 is 1.76 bits per heavy atom. The van der Waals surface area contributed by atoms with Gasteiger partial charge < -0.3 is 15.4 Å². The molecule has 1 aromatic rings. The van der Waals surface area contributed by atoms with Gasteiger partial charge in [-0.3, -0.25) is 9.59 Å². The minimum absolute atomic E-state index is 0.155. The molecule has 1 atom stereocenters. The molecule has 0 heterocycles. The van der Waals surface area contributed by atoms with Crippen LogP contribution in [0.3, 0.4) is 0 Å². The zero-order valence-electron chi connectivity index (χ0n) is 14.8. The number of hydrogen-bond acceptors (Lipinski definition) is 4. The Bertz CT molecular complexity index is 595. The number of carbonyl (C=O) groups is 3. The fraction of sp³-hybridized carbons (Fsp3) is 0.526. The Morgan fingerprint density at radius 3 is 2.36 bits per heavy atom. The molecular weight excluding hydrogens is 320 g/mol. The largest absolute Gasteiger partial charge is 0.454 e. The predicted molar refractivity (Wildman–Crippen MR) is 93.9 cm³/mol. The SMILES string of the molecule is CC(C)[C@H](NC(=O)c1ccccc1)C(=O)OCC(=O)NC1CCCC1. The highest BCUT2D eigenvalue weighted by atomic mass is 16.5. The van der Waals surface area contributed by atoms with Crippen molar-refractivity contribution in [2.45, 2.75) is 51.6 Å². The number of hydrogen-bond donors (Lipinski definition) is 2. The number of amides is 2. The quantitative estimate of drug-likeness (QED) is 0.740. The van der Waals surface area contributed by atoms with Crippen molar-refractivity contribution < 1.29 is 19.1 Å². The average Bonchev–Trinajstić information content (AvgIpc) is 3.10. The van der Waals surface area contributed by atoms with E-state index in [1.54, 1.807) is 24.3 Å². The van der Waals surface area contributed by atoms with E-state index < -0.39 is 12.0 Å². The van der Waals surface area contributed by atoms with Crippen LogP contribution >= 0.6 is 0 Å². The molecule has 1 fully saturated rings. The van der Waals surface area contributed by atoms with Gasteiger partial charge in [-0.15, -0.1) is 0 Å². The molecule has 1 aliphatic carbocycles. The second-order valence-corrected chi connectivity index (χ2v) is 6.72. The van der Waals surface area contributed by atoms with Crippen molar-refractivity contribution >= 4 is 17.8 Å². The van der Waals surface area contributed by atoms with Crippen LogP contribution < -0.4 is 10.6 Å². The zero-order chi connectivity index (χ0) is 18.2. The van der Waals surface area contributed by atoms with E-state index in [4.69, 9.17) is 4.74 Å². The number of esters is 1. The molecule has 1 aliphatic rings. The van der Waals surface area contributed by atoms with Crippen molar-refractivity contribution in [3.8, 4) is 0 Å². The highest BCUT2D eigenvalue weighted by Crippen LogP contribution is 2.17. The van der Waals surface area contributed by atoms with Gasteiger partial charge in [-0.1, -0.05) is 44.9 Å². The van der Waals surface area contributed by atoms with E-state index in [2.05, 4.69) is 10.6 Å². The predicted octanol–water partition coefficient (Wildman–Crippen LogP) is 2.04. The maximum atomic E-state index is 12.3. The number of carbonyl (C=O) groups excluding carboxylic acids is 3. The van der Waals surface area contributed by atoms with Gasteiger partial charge in [0.2, 0.25) is 0 Å². The number of benzene rings is 1. The maximum absolute atomic E-state index is 12.3. The minimum atomic E-state index is -0.799. The first-order valence-electron chi connectivity index (χ1n) is 8.79. The summed E-state index contributed by atoms with van der Waals surface area (Å²) < 4.78 is 5.11. The second kappa shape index (κ2) is 9.20. The van der Waals surface area contributed by atoms with E-state index in [1.807, 2.05) is 19.9 Å². The van der Waals surface area contributed by atoms with Gasteiger partial charge in [-0.2, -0.15) is 0 Å². The molecule has 0 aromatic heterocycles. The van der Waals surface area contributed by atoms with Crippen LogP contribution in [0.1, 0.15) is 49.9 Å². The van der Waals surface area contributed by atoms with Gasteiger partial charge in [0.05, 0.1) is 0 Å². The molecule has 0 saturated heterocycles. The lowest BCUT2D eigenvalue weighted by Crippen LogP contribution is -2.46. The smallest absolute Gasteiger partial charge is 0.329 e. The van der Waals surface area contributed by atoms with Crippen LogP contribution in [0.4, 0.5) is 0 Å². The Balaban J connectivity index is 1.85. The van der Waals surface area contributed by atoms with Gasteiger partial charge in [0, 0.05) is 11.6 Å². The van der Waals surface area contributed by atoms with Gasteiger partial charge in [-0.05, 0) is 30.9 Å². The first-order valence-corrected chi connectivity index (χ1v) is 8.79. The van der Waals surface area contributed by atoms with Crippen LogP contribution in [0.15, 0.2) is 30.3 Å². The van der Waals surface area contributed by atoms with Gasteiger partial charge >= 0.3 is 5.97 Å². The van der Waals surface area contributed by atoms with E-state index in [9.17, 15) is 14.4 Å². The molecule has 0 unspecified atom stereocenters. The van der Waals surface area contributed by atoms with Crippen molar-refractivity contribution in [2.75, 3.05) is 6.61 Å². The Hall–Kier alpha value is -2.37. The fourth-order valence-electron chi connectivity index (χ4n) is 2.88. The average molecular weight is 346 g/mol. The molecule has 136 valence electrons. The maximum Gasteiger partial charge on any atom is 0.329 e. The first kappa shape index (κ1) is 19.0. The molecule has 2 amide bonds. The minimum Gasteiger partial charge on any atom is -0.454 e. The summed E-state index contributed by atoms with van der Waals surface area (Å²) in [5.41, 5.74) is 0.472. The van der Waals surface area contributed by atoms with Gasteiger partial charge in [-0.25, -0.2) is 4.79 Å². The lowest BCUT2D eigenvalue weighted by atomic mass is 10.0. The van der Waals surface area contributed by atoms with Crippen molar-refractivity contribution in [2.24, 2.45) is 5.92 Å². The van der Waals surface area contributed by atoms with Crippen LogP contribution in [-0.4, -0.2) is 36.5 Å². The normalized spacial score (nSPS) is 15.6. The third-order valence-electron chi connectivity index (χ3n) is 4.31. The monoisotopic (exact) mass is 346 g/mol. The summed E-state index contributed by atoms with van der Waals surface area (Å²) in [5.74, 6) is -1.39. The topological polar surface area (TPSA) is 84.5 Å². The summed E-state index contributed by atoms with van der Waals surface area (Å²) in [6, 6.07) is 8.06. The summed E-state index contributed by atoms with van der Waals surface area (Å²) in [4.78, 5) is 36.4. The molecule has 6 nitrogen and oxygen atoms in total. The first-order chi connectivity index (χ1) is 12.0. The molecular formula is C19H26N2O4. The van der Waals surface area contributed by atoms with E-state index in [0.717, 1.165) is 25.7 Å². The fourth-order valence-corrected chi connectivity index (χ4v) is 2.88. The summed E-state index contributed by atoms with van der Waals surface area (Å²) in [6.45, 7) is 3.31. The molecule has 0 bridgehead atoms. The summed E-state index contributed by atoms with van der Waals surface area (Å²) in [6.07, 6.45) is 4.18. The van der Waals surface area contributed by atoms with Crippen molar-refractivity contribution in [3.63, 3.8) is 0 Å². The molecule has 0 spiro atoms. The number of ether oxygens (including phenoxy) is 1.